The third kappa shape index (κ3) is 2.96. The third-order valence-electron chi connectivity index (χ3n) is 3.36. The molecule has 5 heteroatoms. The molecule has 100 valence electrons. The first-order valence-corrected chi connectivity index (χ1v) is 6.92. The summed E-state index contributed by atoms with van der Waals surface area (Å²) in [5.74, 6) is 2.02. The molecule has 3 rings (SSSR count). The van der Waals surface area contributed by atoms with E-state index >= 15 is 0 Å². The van der Waals surface area contributed by atoms with Crippen LogP contribution in [0.2, 0.25) is 5.02 Å². The third-order valence-corrected chi connectivity index (χ3v) is 3.70. The zero-order chi connectivity index (χ0) is 13.2. The summed E-state index contributed by atoms with van der Waals surface area (Å²) < 4.78 is 5.23. The van der Waals surface area contributed by atoms with E-state index in [1.165, 1.54) is 12.8 Å². The van der Waals surface area contributed by atoms with Crippen molar-refractivity contribution in [2.75, 3.05) is 0 Å². The molecule has 1 aliphatic rings. The van der Waals surface area contributed by atoms with Gasteiger partial charge < -0.3 is 9.84 Å². The molecule has 1 saturated carbocycles. The molecule has 2 aromatic rings. The molecular formula is C14H16ClN3O. The second-order valence-electron chi connectivity index (χ2n) is 4.94. The predicted molar refractivity (Wildman–Crippen MR) is 73.0 cm³/mol. The molecule has 0 radical (unpaired) electrons. The maximum absolute atomic E-state index is 6.16. The molecule has 1 aromatic carbocycles. The van der Waals surface area contributed by atoms with Crippen molar-refractivity contribution in [2.45, 2.75) is 38.3 Å². The van der Waals surface area contributed by atoms with Gasteiger partial charge in [-0.05, 0) is 31.4 Å². The van der Waals surface area contributed by atoms with Crippen LogP contribution in [0, 0.1) is 0 Å². The van der Waals surface area contributed by atoms with Crippen molar-refractivity contribution >= 4 is 11.6 Å². The number of nitrogens with zero attached hydrogens (tertiary/aromatic N) is 2. The van der Waals surface area contributed by atoms with Crippen LogP contribution in [-0.4, -0.2) is 10.1 Å². The topological polar surface area (TPSA) is 51.0 Å². The van der Waals surface area contributed by atoms with Crippen molar-refractivity contribution in [3.8, 4) is 0 Å². The number of aromatic nitrogens is 2. The van der Waals surface area contributed by atoms with E-state index in [0.717, 1.165) is 16.4 Å². The smallest absolute Gasteiger partial charge is 0.240 e. The van der Waals surface area contributed by atoms with Crippen LogP contribution in [0.15, 0.2) is 28.8 Å². The highest BCUT2D eigenvalue weighted by atomic mass is 35.5. The minimum absolute atomic E-state index is 0.143. The molecule has 1 heterocycles. The van der Waals surface area contributed by atoms with Crippen molar-refractivity contribution in [3.05, 3.63) is 46.6 Å². The van der Waals surface area contributed by atoms with Gasteiger partial charge in [0.2, 0.25) is 5.89 Å². The van der Waals surface area contributed by atoms with Gasteiger partial charge in [0.1, 0.15) is 0 Å². The van der Waals surface area contributed by atoms with Gasteiger partial charge in [-0.2, -0.15) is 4.98 Å². The molecule has 19 heavy (non-hydrogen) atoms. The van der Waals surface area contributed by atoms with Crippen LogP contribution in [0.4, 0.5) is 0 Å². The highest BCUT2D eigenvalue weighted by molar-refractivity contribution is 6.31. The summed E-state index contributed by atoms with van der Waals surface area (Å²) >= 11 is 6.16. The fourth-order valence-corrected chi connectivity index (χ4v) is 2.32. The fourth-order valence-electron chi connectivity index (χ4n) is 2.02. The number of hydrogen-bond acceptors (Lipinski definition) is 4. The van der Waals surface area contributed by atoms with Gasteiger partial charge in [0, 0.05) is 17.0 Å². The second kappa shape index (κ2) is 5.31. The predicted octanol–water partition coefficient (Wildman–Crippen LogP) is 3.45. The lowest BCUT2D eigenvalue weighted by molar-refractivity contribution is 0.356. The Morgan fingerprint density at radius 2 is 2.21 bits per heavy atom. The van der Waals surface area contributed by atoms with E-state index in [9.17, 15) is 0 Å². The highest BCUT2D eigenvalue weighted by Crippen LogP contribution is 2.38. The van der Waals surface area contributed by atoms with E-state index in [4.69, 9.17) is 16.1 Å². The van der Waals surface area contributed by atoms with Gasteiger partial charge in [-0.1, -0.05) is 35.0 Å². The maximum Gasteiger partial charge on any atom is 0.240 e. The molecule has 1 atom stereocenters. The van der Waals surface area contributed by atoms with Gasteiger partial charge in [-0.25, -0.2) is 0 Å². The Morgan fingerprint density at radius 3 is 2.95 bits per heavy atom. The van der Waals surface area contributed by atoms with Crippen molar-refractivity contribution in [1.82, 2.24) is 15.5 Å². The lowest BCUT2D eigenvalue weighted by atomic mass is 10.1. The number of nitrogens with one attached hydrogen (secondary N) is 1. The average molecular weight is 278 g/mol. The van der Waals surface area contributed by atoms with Gasteiger partial charge in [-0.15, -0.1) is 0 Å². The van der Waals surface area contributed by atoms with Crippen molar-refractivity contribution in [3.63, 3.8) is 0 Å². The number of rotatable bonds is 5. The molecule has 1 aromatic heterocycles. The van der Waals surface area contributed by atoms with Crippen LogP contribution < -0.4 is 5.32 Å². The Kier molecular flexibility index (Phi) is 3.53. The van der Waals surface area contributed by atoms with E-state index in [2.05, 4.69) is 22.4 Å². The number of benzene rings is 1. The van der Waals surface area contributed by atoms with Gasteiger partial charge in [0.05, 0.1) is 6.54 Å². The molecule has 1 N–H and O–H groups in total. The van der Waals surface area contributed by atoms with Gasteiger partial charge >= 0.3 is 0 Å². The van der Waals surface area contributed by atoms with Crippen LogP contribution in [0.25, 0.3) is 0 Å². The summed E-state index contributed by atoms with van der Waals surface area (Å²) in [6.07, 6.45) is 2.37. The molecule has 1 fully saturated rings. The normalized spacial score (nSPS) is 16.5. The van der Waals surface area contributed by atoms with E-state index in [0.29, 0.717) is 18.4 Å². The summed E-state index contributed by atoms with van der Waals surface area (Å²) in [6, 6.07) is 7.97. The maximum atomic E-state index is 6.16. The van der Waals surface area contributed by atoms with Gasteiger partial charge in [-0.3, -0.25) is 0 Å². The van der Waals surface area contributed by atoms with Crippen molar-refractivity contribution in [2.24, 2.45) is 0 Å². The van der Waals surface area contributed by atoms with Gasteiger partial charge in [0.25, 0.3) is 0 Å². The standard InChI is InChI=1S/C14H16ClN3O/c1-9(11-4-2-3-5-12(11)15)16-8-13-17-14(18-19-13)10-6-7-10/h2-5,9-10,16H,6-8H2,1H3/t9-/m1/s1. The molecule has 0 saturated heterocycles. The molecule has 0 amide bonds. The lowest BCUT2D eigenvalue weighted by Crippen LogP contribution is -2.18. The van der Waals surface area contributed by atoms with E-state index in [1.807, 2.05) is 24.3 Å². The number of halogens is 1. The zero-order valence-electron chi connectivity index (χ0n) is 10.8. The Bertz CT molecular complexity index is 565. The summed E-state index contributed by atoms with van der Waals surface area (Å²) in [5, 5.41) is 8.11. The van der Waals surface area contributed by atoms with Crippen LogP contribution >= 0.6 is 11.6 Å². The summed E-state index contributed by atoms with van der Waals surface area (Å²) in [4.78, 5) is 4.39. The van der Waals surface area contributed by atoms with Crippen LogP contribution in [0.5, 0.6) is 0 Å². The Balaban J connectivity index is 1.60. The highest BCUT2D eigenvalue weighted by Gasteiger charge is 2.28. The first-order chi connectivity index (χ1) is 9.24. The van der Waals surface area contributed by atoms with E-state index in [-0.39, 0.29) is 6.04 Å². The van der Waals surface area contributed by atoms with Crippen molar-refractivity contribution in [1.29, 1.82) is 0 Å². The van der Waals surface area contributed by atoms with Crippen LogP contribution in [0.3, 0.4) is 0 Å². The monoisotopic (exact) mass is 277 g/mol. The molecule has 4 nitrogen and oxygen atoms in total. The Hall–Kier alpha value is -1.39. The minimum Gasteiger partial charge on any atom is -0.338 e. The van der Waals surface area contributed by atoms with Crippen LogP contribution in [0.1, 0.15) is 49.0 Å². The average Bonchev–Trinajstić information content (AvgIpc) is 3.16. The fraction of sp³-hybridized carbons (Fsp3) is 0.429. The Morgan fingerprint density at radius 1 is 1.42 bits per heavy atom. The van der Waals surface area contributed by atoms with Gasteiger partial charge in [0.15, 0.2) is 5.82 Å². The summed E-state index contributed by atoms with van der Waals surface area (Å²) in [5.41, 5.74) is 1.08. The summed E-state index contributed by atoms with van der Waals surface area (Å²) in [6.45, 7) is 2.63. The Labute approximate surface area is 117 Å². The molecule has 0 unspecified atom stereocenters. The first kappa shape index (κ1) is 12.6. The van der Waals surface area contributed by atoms with E-state index < -0.39 is 0 Å². The zero-order valence-corrected chi connectivity index (χ0v) is 11.5. The molecule has 1 aliphatic carbocycles. The molecule has 0 spiro atoms. The SMILES string of the molecule is C[C@@H](NCc1nc(C2CC2)no1)c1ccccc1Cl. The largest absolute Gasteiger partial charge is 0.338 e. The van der Waals surface area contributed by atoms with Crippen LogP contribution in [-0.2, 0) is 6.54 Å². The lowest BCUT2D eigenvalue weighted by Gasteiger charge is -2.13. The molecule has 0 aliphatic heterocycles. The second-order valence-corrected chi connectivity index (χ2v) is 5.35. The molecule has 0 bridgehead atoms. The van der Waals surface area contributed by atoms with Crippen molar-refractivity contribution < 1.29 is 4.52 Å². The quantitative estimate of drug-likeness (QED) is 0.909. The minimum atomic E-state index is 0.143. The number of hydrogen-bond donors (Lipinski definition) is 1. The first-order valence-electron chi connectivity index (χ1n) is 6.54. The summed E-state index contributed by atoms with van der Waals surface area (Å²) in [7, 11) is 0. The molecular weight excluding hydrogens is 262 g/mol. The van der Waals surface area contributed by atoms with E-state index in [1.54, 1.807) is 0 Å².